The molecular weight excluding hydrogens is 618 g/mol. The van der Waals surface area contributed by atoms with E-state index in [4.69, 9.17) is 25.8 Å². The number of hydrogen-bond acceptors (Lipinski definition) is 10. The number of carbonyl (C=O) groups is 2. The summed E-state index contributed by atoms with van der Waals surface area (Å²) in [5.74, 6) is 0.382. The zero-order valence-corrected chi connectivity index (χ0v) is 28.5. The lowest BCUT2D eigenvalue weighted by molar-refractivity contribution is -0.144. The van der Waals surface area contributed by atoms with Crippen molar-refractivity contribution in [1.82, 2.24) is 0 Å². The van der Waals surface area contributed by atoms with Crippen molar-refractivity contribution in [3.05, 3.63) is 71.8 Å². The van der Waals surface area contributed by atoms with Crippen LogP contribution in [0.25, 0.3) is 0 Å². The van der Waals surface area contributed by atoms with Gasteiger partial charge in [0.25, 0.3) is 0 Å². The second kappa shape index (κ2) is 21.5. The van der Waals surface area contributed by atoms with E-state index >= 15 is 0 Å². The molecule has 3 aromatic carbocycles. The Labute approximate surface area is 283 Å². The maximum Gasteiger partial charge on any atom is 0.305 e. The first-order chi connectivity index (χ1) is 22.9. The van der Waals surface area contributed by atoms with E-state index in [-0.39, 0.29) is 11.9 Å². The van der Waals surface area contributed by atoms with E-state index < -0.39 is 0 Å². The Morgan fingerprint density at radius 3 is 1.70 bits per heavy atom. The largest absolute Gasteiger partial charge is 0.494 e. The van der Waals surface area contributed by atoms with E-state index in [1.54, 1.807) is 26.0 Å². The van der Waals surface area contributed by atoms with Gasteiger partial charge in [0, 0.05) is 31.1 Å². The summed E-state index contributed by atoms with van der Waals surface area (Å²) in [7, 11) is 0. The summed E-state index contributed by atoms with van der Waals surface area (Å²) >= 11 is 6.43. The number of unbranched alkanes of at least 4 members (excludes halogenated alkanes) is 5. The molecule has 3 rings (SSSR count). The van der Waals surface area contributed by atoms with Crippen molar-refractivity contribution in [3.63, 3.8) is 0 Å². The average Bonchev–Trinajstić information content (AvgIpc) is 3.10. The molecule has 0 atom stereocenters. The number of anilines is 1. The van der Waals surface area contributed by atoms with Gasteiger partial charge in [0.2, 0.25) is 0 Å². The van der Waals surface area contributed by atoms with Gasteiger partial charge < -0.3 is 19.1 Å². The molecule has 0 saturated carbocycles. The first kappa shape index (κ1) is 37.2. The zero-order valence-electron chi connectivity index (χ0n) is 27.7. The number of ether oxygens (including phenoxy) is 3. The quantitative estimate of drug-likeness (QED) is 0.0636. The summed E-state index contributed by atoms with van der Waals surface area (Å²) in [4.78, 5) is 24.6. The fourth-order valence-electron chi connectivity index (χ4n) is 4.43. The molecule has 0 amide bonds. The molecule has 0 aliphatic heterocycles. The maximum atomic E-state index is 11.4. The van der Waals surface area contributed by atoms with Gasteiger partial charge in [-0.25, -0.2) is 0 Å². The molecule has 0 saturated heterocycles. The predicted octanol–water partition coefficient (Wildman–Crippen LogP) is 10.6. The molecule has 0 bridgehead atoms. The third-order valence-electron chi connectivity index (χ3n) is 7.19. The molecule has 0 radical (unpaired) electrons. The van der Waals surface area contributed by atoms with Crippen LogP contribution in [0.15, 0.2) is 87.2 Å². The first-order valence-electron chi connectivity index (χ1n) is 16.4. The van der Waals surface area contributed by atoms with E-state index in [9.17, 15) is 9.59 Å². The number of azo groups is 2. The first-order valence-corrected chi connectivity index (χ1v) is 16.8. The van der Waals surface area contributed by atoms with Gasteiger partial charge in [0.05, 0.1) is 41.8 Å². The van der Waals surface area contributed by atoms with Gasteiger partial charge in [-0.05, 0) is 80.4 Å². The van der Waals surface area contributed by atoms with E-state index in [1.165, 1.54) is 0 Å². The molecular formula is C36H46ClN5O5. The highest BCUT2D eigenvalue weighted by Crippen LogP contribution is 2.31. The molecule has 0 spiro atoms. The van der Waals surface area contributed by atoms with E-state index in [0.29, 0.717) is 67.0 Å². The minimum Gasteiger partial charge on any atom is -0.494 e. The van der Waals surface area contributed by atoms with Crippen LogP contribution in [-0.4, -0.2) is 44.8 Å². The molecule has 252 valence electrons. The Morgan fingerprint density at radius 1 is 0.638 bits per heavy atom. The Morgan fingerprint density at radius 2 is 1.15 bits per heavy atom. The lowest BCUT2D eigenvalue weighted by Gasteiger charge is -2.22. The molecule has 0 heterocycles. The van der Waals surface area contributed by atoms with Gasteiger partial charge in [-0.2, -0.15) is 15.3 Å². The number of nitrogens with zero attached hydrogens (tertiary/aromatic N) is 5. The maximum absolute atomic E-state index is 11.4. The van der Waals surface area contributed by atoms with Gasteiger partial charge in [-0.15, -0.1) is 5.11 Å². The highest BCUT2D eigenvalue weighted by Gasteiger charge is 2.07. The van der Waals surface area contributed by atoms with Crippen LogP contribution in [0.4, 0.5) is 28.4 Å². The van der Waals surface area contributed by atoms with Crippen LogP contribution in [0.3, 0.4) is 0 Å². The van der Waals surface area contributed by atoms with Crippen LogP contribution in [0.1, 0.15) is 72.1 Å². The normalized spacial score (nSPS) is 11.2. The topological polar surface area (TPSA) is 115 Å². The Hall–Kier alpha value is -4.31. The second-order valence-electron chi connectivity index (χ2n) is 10.7. The molecule has 11 heteroatoms. The van der Waals surface area contributed by atoms with Crippen molar-refractivity contribution in [2.45, 2.75) is 72.1 Å². The highest BCUT2D eigenvalue weighted by molar-refractivity contribution is 6.33. The average molecular weight is 664 g/mol. The second-order valence-corrected chi connectivity index (χ2v) is 11.2. The number of hydrogen-bond donors (Lipinski definition) is 0. The van der Waals surface area contributed by atoms with Crippen LogP contribution in [0.5, 0.6) is 5.75 Å². The lowest BCUT2D eigenvalue weighted by atomic mass is 10.1. The van der Waals surface area contributed by atoms with Crippen molar-refractivity contribution in [2.24, 2.45) is 20.5 Å². The van der Waals surface area contributed by atoms with Crippen molar-refractivity contribution in [1.29, 1.82) is 0 Å². The third kappa shape index (κ3) is 14.3. The number of rotatable bonds is 21. The van der Waals surface area contributed by atoms with Gasteiger partial charge in [0.15, 0.2) is 0 Å². The van der Waals surface area contributed by atoms with Gasteiger partial charge in [0.1, 0.15) is 18.0 Å². The summed E-state index contributed by atoms with van der Waals surface area (Å²) in [5, 5.41) is 17.7. The molecule has 47 heavy (non-hydrogen) atoms. The molecule has 0 aliphatic rings. The van der Waals surface area contributed by atoms with Crippen LogP contribution in [-0.2, 0) is 19.1 Å². The monoisotopic (exact) mass is 663 g/mol. The van der Waals surface area contributed by atoms with Crippen LogP contribution >= 0.6 is 11.6 Å². The molecule has 0 unspecified atom stereocenters. The van der Waals surface area contributed by atoms with Crippen LogP contribution < -0.4 is 9.64 Å². The summed E-state index contributed by atoms with van der Waals surface area (Å²) < 4.78 is 16.1. The predicted molar refractivity (Wildman–Crippen MR) is 186 cm³/mol. The number of benzene rings is 3. The fraction of sp³-hybridized carbons (Fsp3) is 0.444. The minimum atomic E-state index is -0.190. The van der Waals surface area contributed by atoms with Crippen LogP contribution in [0, 0.1) is 0 Å². The number of halogens is 1. The highest BCUT2D eigenvalue weighted by atomic mass is 35.5. The van der Waals surface area contributed by atoms with Crippen molar-refractivity contribution in [3.8, 4) is 5.75 Å². The Balaban J connectivity index is 1.39. The van der Waals surface area contributed by atoms with Crippen molar-refractivity contribution in [2.75, 3.05) is 37.8 Å². The van der Waals surface area contributed by atoms with E-state index in [2.05, 4.69) is 32.3 Å². The Kier molecular flexibility index (Phi) is 17.0. The smallest absolute Gasteiger partial charge is 0.305 e. The van der Waals surface area contributed by atoms with Gasteiger partial charge >= 0.3 is 11.9 Å². The summed E-state index contributed by atoms with van der Waals surface area (Å²) in [6.07, 6.45) is 7.09. The standard InChI is InChI=1S/C36H46ClN5O5/c1-4-35(43)46-25-12-10-8-7-9-11-24-45-32-21-22-34(33(37)27-32)41-40-29-15-13-28(14-16-29)38-39-30-17-19-31(20-18-30)42(6-3)23-26-47-36(44)5-2/h13-22,27H,4-12,23-26H2,1-3H3. The number of carbonyl (C=O) groups excluding carboxylic acids is 2. The lowest BCUT2D eigenvalue weighted by Crippen LogP contribution is -2.27. The van der Waals surface area contributed by atoms with E-state index in [0.717, 1.165) is 56.4 Å². The molecule has 3 aromatic rings. The zero-order chi connectivity index (χ0) is 33.7. The molecule has 10 nitrogen and oxygen atoms in total. The number of likely N-dealkylation sites (N-methyl/N-ethyl adjacent to an activating group) is 1. The third-order valence-corrected chi connectivity index (χ3v) is 7.49. The molecule has 0 aliphatic carbocycles. The summed E-state index contributed by atoms with van der Waals surface area (Å²) in [5.41, 5.74) is 3.66. The van der Waals surface area contributed by atoms with Gasteiger partial charge in [-0.1, -0.05) is 51.1 Å². The fourth-order valence-corrected chi connectivity index (χ4v) is 4.64. The summed E-state index contributed by atoms with van der Waals surface area (Å²) in [6, 6.07) is 20.5. The van der Waals surface area contributed by atoms with E-state index in [1.807, 2.05) is 54.6 Å². The summed E-state index contributed by atoms with van der Waals surface area (Å²) in [6.45, 7) is 8.57. The van der Waals surface area contributed by atoms with Crippen molar-refractivity contribution >= 4 is 52.0 Å². The van der Waals surface area contributed by atoms with Crippen LogP contribution in [0.2, 0.25) is 5.02 Å². The Bertz CT molecular complexity index is 1430. The SMILES string of the molecule is CCC(=O)OCCCCCCCCOc1ccc(N=Nc2ccc(N=Nc3ccc(N(CC)CCOC(=O)CC)cc3)cc2)c(Cl)c1. The van der Waals surface area contributed by atoms with Crippen molar-refractivity contribution < 1.29 is 23.8 Å². The minimum absolute atomic E-state index is 0.130. The molecule has 0 N–H and O–H groups in total. The van der Waals surface area contributed by atoms with Gasteiger partial charge in [-0.3, -0.25) is 9.59 Å². The molecule has 0 fully saturated rings. The molecule has 0 aromatic heterocycles. The number of esters is 2.